The standard InChI is InChI=1S/C20H22N2O3/c23-18-12-17-20(10-11-21(17)19(24)15-8-4-5-9-15)22(18)16(13-25-20)14-6-2-1-3-7-14/h1-7,15-17H,8-13H2/t16-,17+,20-/m0/s1. The minimum atomic E-state index is -0.612. The fraction of sp³-hybridized carbons (Fsp3) is 0.500. The van der Waals surface area contributed by atoms with E-state index in [9.17, 15) is 9.59 Å². The van der Waals surface area contributed by atoms with Gasteiger partial charge in [0, 0.05) is 18.9 Å². The molecule has 25 heavy (non-hydrogen) atoms. The van der Waals surface area contributed by atoms with Crippen molar-refractivity contribution in [1.82, 2.24) is 9.80 Å². The lowest BCUT2D eigenvalue weighted by molar-refractivity contribution is -0.143. The van der Waals surface area contributed by atoms with Crippen molar-refractivity contribution in [2.45, 2.75) is 43.5 Å². The number of carbonyl (C=O) groups excluding carboxylic acids is 2. The maximum absolute atomic E-state index is 12.9. The molecule has 3 heterocycles. The van der Waals surface area contributed by atoms with E-state index < -0.39 is 5.72 Å². The summed E-state index contributed by atoms with van der Waals surface area (Å²) in [5, 5.41) is 0. The number of allylic oxidation sites excluding steroid dienone is 2. The minimum Gasteiger partial charge on any atom is -0.351 e. The Morgan fingerprint density at radius 1 is 1.16 bits per heavy atom. The number of amides is 2. The lowest BCUT2D eigenvalue weighted by Crippen LogP contribution is -2.50. The molecule has 0 radical (unpaired) electrons. The summed E-state index contributed by atoms with van der Waals surface area (Å²) in [6.07, 6.45) is 6.91. The van der Waals surface area contributed by atoms with Gasteiger partial charge in [-0.1, -0.05) is 42.5 Å². The lowest BCUT2D eigenvalue weighted by atomic mass is 10.0. The van der Waals surface area contributed by atoms with Crippen molar-refractivity contribution in [3.8, 4) is 0 Å². The van der Waals surface area contributed by atoms with Crippen LogP contribution in [0.25, 0.3) is 0 Å². The van der Waals surface area contributed by atoms with E-state index in [0.29, 0.717) is 19.6 Å². The first-order chi connectivity index (χ1) is 12.2. The Labute approximate surface area is 147 Å². The Balaban J connectivity index is 1.44. The topological polar surface area (TPSA) is 49.9 Å². The fourth-order valence-electron chi connectivity index (χ4n) is 5.08. The second kappa shape index (κ2) is 5.43. The van der Waals surface area contributed by atoms with Crippen LogP contribution in [0, 0.1) is 5.92 Å². The molecule has 3 saturated heterocycles. The second-order valence-corrected chi connectivity index (χ2v) is 7.49. The first-order valence-electron chi connectivity index (χ1n) is 9.17. The van der Waals surface area contributed by atoms with Crippen LogP contribution in [-0.4, -0.2) is 46.5 Å². The Kier molecular flexibility index (Phi) is 3.29. The molecule has 3 atom stereocenters. The molecule has 2 amide bonds. The predicted molar refractivity (Wildman–Crippen MR) is 91.3 cm³/mol. The highest BCUT2D eigenvalue weighted by Gasteiger charge is 2.65. The molecule has 4 aliphatic rings. The van der Waals surface area contributed by atoms with Crippen molar-refractivity contribution in [1.29, 1.82) is 0 Å². The molecule has 0 aromatic heterocycles. The van der Waals surface area contributed by atoms with Crippen LogP contribution in [0.2, 0.25) is 0 Å². The summed E-state index contributed by atoms with van der Waals surface area (Å²) >= 11 is 0. The fourth-order valence-corrected chi connectivity index (χ4v) is 5.08. The highest BCUT2D eigenvalue weighted by atomic mass is 16.5. The Bertz CT molecular complexity index is 739. The van der Waals surface area contributed by atoms with Crippen molar-refractivity contribution in [2.24, 2.45) is 5.92 Å². The number of likely N-dealkylation sites (tertiary alicyclic amines) is 1. The van der Waals surface area contributed by atoms with Gasteiger partial charge in [0.05, 0.1) is 25.1 Å². The molecule has 0 N–H and O–H groups in total. The van der Waals surface area contributed by atoms with Crippen LogP contribution >= 0.6 is 0 Å². The van der Waals surface area contributed by atoms with E-state index in [4.69, 9.17) is 4.74 Å². The molecular formula is C20H22N2O3. The average molecular weight is 338 g/mol. The molecule has 0 bridgehead atoms. The maximum Gasteiger partial charge on any atom is 0.227 e. The van der Waals surface area contributed by atoms with Crippen LogP contribution in [0.3, 0.4) is 0 Å². The van der Waals surface area contributed by atoms with Gasteiger partial charge in [0.1, 0.15) is 0 Å². The highest BCUT2D eigenvalue weighted by molar-refractivity contribution is 5.86. The van der Waals surface area contributed by atoms with Gasteiger partial charge in [0.15, 0.2) is 5.72 Å². The van der Waals surface area contributed by atoms with Crippen LogP contribution in [-0.2, 0) is 14.3 Å². The molecule has 1 aliphatic carbocycles. The van der Waals surface area contributed by atoms with Crippen LogP contribution < -0.4 is 0 Å². The summed E-state index contributed by atoms with van der Waals surface area (Å²) in [5.74, 6) is 0.345. The number of benzene rings is 1. The predicted octanol–water partition coefficient (Wildman–Crippen LogP) is 2.25. The van der Waals surface area contributed by atoms with E-state index in [0.717, 1.165) is 24.8 Å². The molecule has 5 rings (SSSR count). The van der Waals surface area contributed by atoms with E-state index >= 15 is 0 Å². The Morgan fingerprint density at radius 2 is 1.92 bits per heavy atom. The molecule has 5 nitrogen and oxygen atoms in total. The third kappa shape index (κ3) is 2.05. The largest absolute Gasteiger partial charge is 0.351 e. The first kappa shape index (κ1) is 15.1. The zero-order valence-corrected chi connectivity index (χ0v) is 14.1. The lowest BCUT2D eigenvalue weighted by Gasteiger charge is -2.34. The van der Waals surface area contributed by atoms with Gasteiger partial charge < -0.3 is 14.5 Å². The molecular weight excluding hydrogens is 316 g/mol. The average Bonchev–Trinajstić information content (AvgIpc) is 3.38. The molecule has 5 heteroatoms. The normalized spacial score (nSPS) is 34.0. The van der Waals surface area contributed by atoms with E-state index in [1.807, 2.05) is 28.0 Å². The summed E-state index contributed by atoms with van der Waals surface area (Å²) in [6.45, 7) is 1.20. The Morgan fingerprint density at radius 3 is 2.68 bits per heavy atom. The van der Waals surface area contributed by atoms with Crippen LogP contribution in [0.1, 0.15) is 37.3 Å². The monoisotopic (exact) mass is 338 g/mol. The molecule has 3 aliphatic heterocycles. The van der Waals surface area contributed by atoms with Crippen LogP contribution in [0.5, 0.6) is 0 Å². The van der Waals surface area contributed by atoms with Crippen molar-refractivity contribution < 1.29 is 14.3 Å². The quantitative estimate of drug-likeness (QED) is 0.777. The number of rotatable bonds is 2. The van der Waals surface area contributed by atoms with Gasteiger partial charge in [0.25, 0.3) is 0 Å². The molecule has 0 unspecified atom stereocenters. The summed E-state index contributed by atoms with van der Waals surface area (Å²) in [5.41, 5.74) is 0.498. The maximum atomic E-state index is 12.9. The number of nitrogens with zero attached hydrogens (tertiary/aromatic N) is 2. The summed E-state index contributed by atoms with van der Waals surface area (Å²) in [4.78, 5) is 29.6. The Hall–Kier alpha value is -2.14. The molecule has 3 fully saturated rings. The van der Waals surface area contributed by atoms with Gasteiger partial charge in [-0.2, -0.15) is 0 Å². The summed E-state index contributed by atoms with van der Waals surface area (Å²) in [7, 11) is 0. The van der Waals surface area contributed by atoms with E-state index in [1.165, 1.54) is 0 Å². The van der Waals surface area contributed by atoms with Gasteiger partial charge in [-0.15, -0.1) is 0 Å². The van der Waals surface area contributed by atoms with Crippen molar-refractivity contribution in [2.75, 3.05) is 13.2 Å². The molecule has 1 aromatic rings. The van der Waals surface area contributed by atoms with E-state index in [-0.39, 0.29) is 29.8 Å². The molecule has 0 saturated carbocycles. The summed E-state index contributed by atoms with van der Waals surface area (Å²) < 4.78 is 6.26. The molecule has 1 spiro atoms. The van der Waals surface area contributed by atoms with Crippen LogP contribution in [0.15, 0.2) is 42.5 Å². The zero-order valence-electron chi connectivity index (χ0n) is 14.1. The second-order valence-electron chi connectivity index (χ2n) is 7.49. The summed E-state index contributed by atoms with van der Waals surface area (Å²) in [6, 6.07) is 9.90. The van der Waals surface area contributed by atoms with Crippen molar-refractivity contribution >= 4 is 11.8 Å². The van der Waals surface area contributed by atoms with Gasteiger partial charge >= 0.3 is 0 Å². The third-order valence-corrected chi connectivity index (χ3v) is 6.28. The van der Waals surface area contributed by atoms with Crippen LogP contribution in [0.4, 0.5) is 0 Å². The van der Waals surface area contributed by atoms with Crippen molar-refractivity contribution in [3.63, 3.8) is 0 Å². The minimum absolute atomic E-state index is 0.0399. The number of carbonyl (C=O) groups is 2. The van der Waals surface area contributed by atoms with Gasteiger partial charge in [-0.05, 0) is 18.4 Å². The molecule has 1 aromatic carbocycles. The smallest absolute Gasteiger partial charge is 0.227 e. The number of ether oxygens (including phenoxy) is 1. The molecule has 130 valence electrons. The SMILES string of the molecule is O=C(C1CC=CC1)N1CC[C@@]23OC[C@@H](c4ccccc4)N2C(=O)C[C@@H]13. The van der Waals surface area contributed by atoms with Gasteiger partial charge in [-0.3, -0.25) is 9.59 Å². The van der Waals surface area contributed by atoms with Crippen molar-refractivity contribution in [3.05, 3.63) is 48.0 Å². The first-order valence-corrected chi connectivity index (χ1v) is 9.17. The number of hydrogen-bond donors (Lipinski definition) is 0. The third-order valence-electron chi connectivity index (χ3n) is 6.28. The number of hydrogen-bond acceptors (Lipinski definition) is 3. The highest BCUT2D eigenvalue weighted by Crippen LogP contribution is 2.51. The van der Waals surface area contributed by atoms with E-state index in [1.54, 1.807) is 0 Å². The van der Waals surface area contributed by atoms with Gasteiger partial charge in [-0.25, -0.2) is 0 Å². The van der Waals surface area contributed by atoms with Gasteiger partial charge in [0.2, 0.25) is 11.8 Å². The zero-order chi connectivity index (χ0) is 17.0. The van der Waals surface area contributed by atoms with E-state index in [2.05, 4.69) is 24.3 Å².